The zero-order valence-electron chi connectivity index (χ0n) is 10.1. The second-order valence-electron chi connectivity index (χ2n) is 4.39. The number of ether oxygens (including phenoxy) is 1. The zero-order valence-corrected chi connectivity index (χ0v) is 10.1. The lowest BCUT2D eigenvalue weighted by Gasteiger charge is -2.25. The van der Waals surface area contributed by atoms with E-state index in [1.807, 2.05) is 13.8 Å². The van der Waals surface area contributed by atoms with E-state index in [2.05, 4.69) is 5.32 Å². The van der Waals surface area contributed by atoms with Crippen LogP contribution in [-0.4, -0.2) is 24.9 Å². The maximum atomic E-state index is 13.5. The summed E-state index contributed by atoms with van der Waals surface area (Å²) in [6.45, 7) is 3.89. The Morgan fingerprint density at radius 2 is 2.18 bits per heavy atom. The molecule has 0 aliphatic carbocycles. The van der Waals surface area contributed by atoms with Crippen LogP contribution in [-0.2, 0) is 5.41 Å². The molecule has 0 heterocycles. The quantitative estimate of drug-likeness (QED) is 0.850. The summed E-state index contributed by atoms with van der Waals surface area (Å²) >= 11 is 0. The first kappa shape index (κ1) is 13.3. The number of rotatable bonds is 4. The van der Waals surface area contributed by atoms with E-state index >= 15 is 0 Å². The highest BCUT2D eigenvalue weighted by molar-refractivity contribution is 5.64. The van der Waals surface area contributed by atoms with Crippen LogP contribution in [0.2, 0.25) is 0 Å². The van der Waals surface area contributed by atoms with E-state index in [4.69, 9.17) is 9.84 Å². The van der Waals surface area contributed by atoms with Crippen molar-refractivity contribution < 1.29 is 19.0 Å². The van der Waals surface area contributed by atoms with Crippen molar-refractivity contribution in [2.75, 3.05) is 13.7 Å². The average Bonchev–Trinajstić information content (AvgIpc) is 2.26. The van der Waals surface area contributed by atoms with Crippen molar-refractivity contribution >= 4 is 6.09 Å². The van der Waals surface area contributed by atoms with E-state index in [1.165, 1.54) is 19.2 Å². The summed E-state index contributed by atoms with van der Waals surface area (Å²) in [6, 6.07) is 4.63. The van der Waals surface area contributed by atoms with Gasteiger partial charge in [-0.3, -0.25) is 0 Å². The van der Waals surface area contributed by atoms with Gasteiger partial charge in [-0.05, 0) is 17.7 Å². The maximum absolute atomic E-state index is 13.5. The molecule has 4 nitrogen and oxygen atoms in total. The third kappa shape index (κ3) is 3.34. The summed E-state index contributed by atoms with van der Waals surface area (Å²) < 4.78 is 18.3. The fraction of sp³-hybridized carbons (Fsp3) is 0.417. The minimum Gasteiger partial charge on any atom is -0.494 e. The van der Waals surface area contributed by atoms with Gasteiger partial charge in [0, 0.05) is 12.0 Å². The molecule has 0 aliphatic heterocycles. The van der Waals surface area contributed by atoms with E-state index in [0.29, 0.717) is 5.56 Å². The minimum absolute atomic E-state index is 0.177. The van der Waals surface area contributed by atoms with E-state index < -0.39 is 17.3 Å². The van der Waals surface area contributed by atoms with Gasteiger partial charge >= 0.3 is 6.09 Å². The van der Waals surface area contributed by atoms with Gasteiger partial charge in [-0.2, -0.15) is 0 Å². The van der Waals surface area contributed by atoms with Crippen molar-refractivity contribution in [1.82, 2.24) is 5.32 Å². The molecule has 0 spiro atoms. The summed E-state index contributed by atoms with van der Waals surface area (Å²) in [6.07, 6.45) is -1.09. The van der Waals surface area contributed by atoms with Gasteiger partial charge in [-0.1, -0.05) is 19.9 Å². The highest BCUT2D eigenvalue weighted by Crippen LogP contribution is 2.26. The molecule has 94 valence electrons. The minimum atomic E-state index is -1.09. The van der Waals surface area contributed by atoms with Crippen LogP contribution in [0.5, 0.6) is 5.75 Å². The van der Waals surface area contributed by atoms with Crippen LogP contribution in [0.4, 0.5) is 9.18 Å². The Morgan fingerprint density at radius 3 is 2.65 bits per heavy atom. The SMILES string of the molecule is COc1ccc(C(C)(C)CNC(=O)O)cc1F. The molecule has 0 unspecified atom stereocenters. The Bertz CT molecular complexity index is 418. The number of methoxy groups -OCH3 is 1. The second-order valence-corrected chi connectivity index (χ2v) is 4.39. The normalized spacial score (nSPS) is 11.1. The molecule has 2 N–H and O–H groups in total. The Balaban J connectivity index is 2.90. The molecule has 1 rings (SSSR count). The molecule has 1 amide bonds. The van der Waals surface area contributed by atoms with Gasteiger partial charge in [0.1, 0.15) is 0 Å². The van der Waals surface area contributed by atoms with Gasteiger partial charge in [0.2, 0.25) is 0 Å². The van der Waals surface area contributed by atoms with Crippen molar-refractivity contribution in [3.63, 3.8) is 0 Å². The molecule has 1 aromatic rings. The molecule has 0 aliphatic rings. The number of hydrogen-bond donors (Lipinski definition) is 2. The smallest absolute Gasteiger partial charge is 0.404 e. The van der Waals surface area contributed by atoms with Gasteiger partial charge in [-0.15, -0.1) is 0 Å². The molecule has 1 aromatic carbocycles. The van der Waals surface area contributed by atoms with Gasteiger partial charge in [0.15, 0.2) is 11.6 Å². The summed E-state index contributed by atoms with van der Waals surface area (Å²) in [5.74, 6) is -0.274. The van der Waals surface area contributed by atoms with E-state index in [0.717, 1.165) is 0 Å². The number of amides is 1. The van der Waals surface area contributed by atoms with Crippen LogP contribution < -0.4 is 10.1 Å². The monoisotopic (exact) mass is 241 g/mol. The zero-order chi connectivity index (χ0) is 13.1. The highest BCUT2D eigenvalue weighted by Gasteiger charge is 2.22. The molecule has 5 heteroatoms. The van der Waals surface area contributed by atoms with Crippen molar-refractivity contribution in [2.24, 2.45) is 0 Å². The summed E-state index contributed by atoms with van der Waals surface area (Å²) in [7, 11) is 1.40. The van der Waals surface area contributed by atoms with E-state index in [-0.39, 0.29) is 12.3 Å². The Morgan fingerprint density at radius 1 is 1.53 bits per heavy atom. The number of halogens is 1. The van der Waals surface area contributed by atoms with Gasteiger partial charge in [0.25, 0.3) is 0 Å². The first-order valence-corrected chi connectivity index (χ1v) is 5.17. The molecule has 0 aromatic heterocycles. The third-order valence-corrected chi connectivity index (χ3v) is 2.61. The standard InChI is InChI=1S/C12H16FNO3/c1-12(2,7-14-11(15)16)8-4-5-10(17-3)9(13)6-8/h4-6,14H,7H2,1-3H3,(H,15,16). The van der Waals surface area contributed by atoms with Crippen LogP contribution in [0.25, 0.3) is 0 Å². The fourth-order valence-corrected chi connectivity index (χ4v) is 1.49. The highest BCUT2D eigenvalue weighted by atomic mass is 19.1. The second kappa shape index (κ2) is 5.03. The molecular formula is C12H16FNO3. The lowest BCUT2D eigenvalue weighted by molar-refractivity contribution is 0.192. The number of hydrogen-bond acceptors (Lipinski definition) is 2. The molecule has 0 fully saturated rings. The fourth-order valence-electron chi connectivity index (χ4n) is 1.49. The molecule has 0 saturated heterocycles. The first-order valence-electron chi connectivity index (χ1n) is 5.17. The number of nitrogens with one attached hydrogen (secondary N) is 1. The molecular weight excluding hydrogens is 225 g/mol. The van der Waals surface area contributed by atoms with Crippen LogP contribution in [0.3, 0.4) is 0 Å². The predicted octanol–water partition coefficient (Wildman–Crippen LogP) is 2.38. The predicted molar refractivity (Wildman–Crippen MR) is 62.0 cm³/mol. The lowest BCUT2D eigenvalue weighted by Crippen LogP contribution is -2.35. The molecule has 0 saturated carbocycles. The van der Waals surface area contributed by atoms with Crippen LogP contribution in [0, 0.1) is 5.82 Å². The molecule has 17 heavy (non-hydrogen) atoms. The Hall–Kier alpha value is -1.78. The van der Waals surface area contributed by atoms with Crippen molar-refractivity contribution in [3.05, 3.63) is 29.6 Å². The number of carbonyl (C=O) groups is 1. The van der Waals surface area contributed by atoms with Crippen LogP contribution >= 0.6 is 0 Å². The molecule has 0 radical (unpaired) electrons. The van der Waals surface area contributed by atoms with Crippen molar-refractivity contribution in [2.45, 2.75) is 19.3 Å². The van der Waals surface area contributed by atoms with E-state index in [9.17, 15) is 9.18 Å². The Kier molecular flexibility index (Phi) is 3.93. The lowest BCUT2D eigenvalue weighted by atomic mass is 9.84. The first-order chi connectivity index (χ1) is 7.86. The third-order valence-electron chi connectivity index (χ3n) is 2.61. The summed E-state index contributed by atoms with van der Waals surface area (Å²) in [5, 5.41) is 10.9. The maximum Gasteiger partial charge on any atom is 0.404 e. The topological polar surface area (TPSA) is 58.6 Å². The van der Waals surface area contributed by atoms with Crippen molar-refractivity contribution in [1.29, 1.82) is 0 Å². The van der Waals surface area contributed by atoms with Gasteiger partial charge in [-0.25, -0.2) is 9.18 Å². The van der Waals surface area contributed by atoms with Gasteiger partial charge < -0.3 is 15.2 Å². The summed E-state index contributed by atoms with van der Waals surface area (Å²) in [4.78, 5) is 10.4. The van der Waals surface area contributed by atoms with Gasteiger partial charge in [0.05, 0.1) is 7.11 Å². The molecule has 0 bridgehead atoms. The van der Waals surface area contributed by atoms with E-state index in [1.54, 1.807) is 6.07 Å². The van der Waals surface area contributed by atoms with Crippen molar-refractivity contribution in [3.8, 4) is 5.75 Å². The number of benzene rings is 1. The average molecular weight is 241 g/mol. The molecule has 0 atom stereocenters. The number of carboxylic acid groups (broad SMARTS) is 1. The largest absolute Gasteiger partial charge is 0.494 e. The Labute approximate surface area is 99.4 Å². The summed E-state index contributed by atoms with van der Waals surface area (Å²) in [5.41, 5.74) is 0.232. The van der Waals surface area contributed by atoms with Crippen LogP contribution in [0.15, 0.2) is 18.2 Å². The van der Waals surface area contributed by atoms with Crippen LogP contribution in [0.1, 0.15) is 19.4 Å².